The van der Waals surface area contributed by atoms with E-state index in [0.29, 0.717) is 22.8 Å². The maximum absolute atomic E-state index is 12.0. The second-order valence-electron chi connectivity index (χ2n) is 5.14. The fourth-order valence-electron chi connectivity index (χ4n) is 2.09. The summed E-state index contributed by atoms with van der Waals surface area (Å²) in [6.45, 7) is 3.43. The molecule has 0 aliphatic carbocycles. The average Bonchev–Trinajstić information content (AvgIpc) is 2.51. The van der Waals surface area contributed by atoms with Gasteiger partial charge < -0.3 is 24.7 Å². The largest absolute Gasteiger partial charge is 0.496 e. The SMILES string of the molecule is COC(=O)C(C)(C)[C@H](N)c1c(OC)cc(OC)cc1OC. The Morgan fingerprint density at radius 3 is 1.86 bits per heavy atom. The Bertz CT molecular complexity index is 488. The van der Waals surface area contributed by atoms with Crippen LogP contribution in [-0.4, -0.2) is 34.4 Å². The summed E-state index contributed by atoms with van der Waals surface area (Å²) in [5.74, 6) is 1.16. The van der Waals surface area contributed by atoms with E-state index in [1.807, 2.05) is 0 Å². The highest BCUT2D eigenvalue weighted by Crippen LogP contribution is 2.44. The highest BCUT2D eigenvalue weighted by molar-refractivity contribution is 5.77. The first-order valence-corrected chi connectivity index (χ1v) is 6.47. The predicted molar refractivity (Wildman–Crippen MR) is 78.8 cm³/mol. The monoisotopic (exact) mass is 297 g/mol. The number of ether oxygens (including phenoxy) is 4. The van der Waals surface area contributed by atoms with Gasteiger partial charge in [0.1, 0.15) is 17.2 Å². The van der Waals surface area contributed by atoms with Crippen LogP contribution in [0.25, 0.3) is 0 Å². The van der Waals surface area contributed by atoms with Crippen molar-refractivity contribution in [3.8, 4) is 17.2 Å². The highest BCUT2D eigenvalue weighted by Gasteiger charge is 2.39. The van der Waals surface area contributed by atoms with Gasteiger partial charge in [0.05, 0.1) is 45.5 Å². The molecule has 0 fully saturated rings. The summed E-state index contributed by atoms with van der Waals surface area (Å²) in [5, 5.41) is 0. The van der Waals surface area contributed by atoms with E-state index in [1.54, 1.807) is 33.1 Å². The van der Waals surface area contributed by atoms with Crippen LogP contribution < -0.4 is 19.9 Å². The van der Waals surface area contributed by atoms with Gasteiger partial charge in [-0.1, -0.05) is 0 Å². The molecule has 0 heterocycles. The lowest BCUT2D eigenvalue weighted by Gasteiger charge is -2.31. The van der Waals surface area contributed by atoms with Crippen molar-refractivity contribution in [3.63, 3.8) is 0 Å². The summed E-state index contributed by atoms with van der Waals surface area (Å²) in [6.07, 6.45) is 0. The molecule has 0 aliphatic heterocycles. The summed E-state index contributed by atoms with van der Waals surface area (Å²) in [4.78, 5) is 12.0. The summed E-state index contributed by atoms with van der Waals surface area (Å²) in [7, 11) is 5.93. The minimum atomic E-state index is -0.941. The lowest BCUT2D eigenvalue weighted by molar-refractivity contribution is -0.152. The molecular weight excluding hydrogens is 274 g/mol. The van der Waals surface area contributed by atoms with Crippen LogP contribution in [0, 0.1) is 5.41 Å². The zero-order valence-corrected chi connectivity index (χ0v) is 13.4. The number of methoxy groups -OCH3 is 4. The van der Waals surface area contributed by atoms with Gasteiger partial charge in [0, 0.05) is 12.1 Å². The third kappa shape index (κ3) is 3.21. The fraction of sp³-hybridized carbons (Fsp3) is 0.533. The molecule has 21 heavy (non-hydrogen) atoms. The Morgan fingerprint density at radius 1 is 1.05 bits per heavy atom. The van der Waals surface area contributed by atoms with Crippen molar-refractivity contribution in [2.45, 2.75) is 19.9 Å². The normalized spacial score (nSPS) is 12.5. The summed E-state index contributed by atoms with van der Waals surface area (Å²) < 4.78 is 20.8. The van der Waals surface area contributed by atoms with Crippen molar-refractivity contribution in [2.24, 2.45) is 11.1 Å². The van der Waals surface area contributed by atoms with Crippen molar-refractivity contribution in [2.75, 3.05) is 28.4 Å². The molecule has 1 aromatic rings. The summed E-state index contributed by atoms with van der Waals surface area (Å²) >= 11 is 0. The van der Waals surface area contributed by atoms with Crippen LogP contribution >= 0.6 is 0 Å². The lowest BCUT2D eigenvalue weighted by atomic mass is 9.80. The standard InChI is InChI=1S/C15H23NO5/c1-15(2,14(17)21-6)13(16)12-10(19-4)7-9(18-3)8-11(12)20-5/h7-8,13H,16H2,1-6H3/t13-/m1/s1. The zero-order chi connectivity index (χ0) is 16.2. The molecule has 1 rings (SSSR count). The molecule has 1 atom stereocenters. The third-order valence-corrected chi connectivity index (χ3v) is 3.55. The maximum Gasteiger partial charge on any atom is 0.313 e. The topological polar surface area (TPSA) is 80.0 Å². The number of nitrogens with two attached hydrogens (primary N) is 1. The quantitative estimate of drug-likeness (QED) is 0.808. The highest BCUT2D eigenvalue weighted by atomic mass is 16.5. The average molecular weight is 297 g/mol. The molecule has 0 unspecified atom stereocenters. The molecule has 1 aromatic carbocycles. The minimum absolute atomic E-state index is 0.407. The van der Waals surface area contributed by atoms with E-state index in [-0.39, 0.29) is 0 Å². The molecule has 0 spiro atoms. The summed E-state index contributed by atoms with van der Waals surface area (Å²) in [6, 6.07) is 2.73. The van der Waals surface area contributed by atoms with E-state index in [4.69, 9.17) is 24.7 Å². The molecule has 6 nitrogen and oxygen atoms in total. The molecule has 0 bridgehead atoms. The second kappa shape index (κ2) is 6.67. The number of hydrogen-bond acceptors (Lipinski definition) is 6. The van der Waals surface area contributed by atoms with Gasteiger partial charge in [0.25, 0.3) is 0 Å². The van der Waals surface area contributed by atoms with Gasteiger partial charge in [-0.25, -0.2) is 0 Å². The lowest BCUT2D eigenvalue weighted by Crippen LogP contribution is -2.37. The van der Waals surface area contributed by atoms with E-state index >= 15 is 0 Å². The maximum atomic E-state index is 12.0. The fourth-order valence-corrected chi connectivity index (χ4v) is 2.09. The Morgan fingerprint density at radius 2 is 1.52 bits per heavy atom. The summed E-state index contributed by atoms with van der Waals surface area (Å²) in [5.41, 5.74) is 5.95. The number of carbonyl (C=O) groups is 1. The van der Waals surface area contributed by atoms with Gasteiger partial charge in [0.2, 0.25) is 0 Å². The van der Waals surface area contributed by atoms with Gasteiger partial charge in [0.15, 0.2) is 0 Å². The molecule has 118 valence electrons. The van der Waals surface area contributed by atoms with Crippen molar-refractivity contribution in [1.29, 1.82) is 0 Å². The van der Waals surface area contributed by atoms with Crippen LogP contribution in [0.1, 0.15) is 25.5 Å². The van der Waals surface area contributed by atoms with Gasteiger partial charge in [-0.05, 0) is 13.8 Å². The second-order valence-corrected chi connectivity index (χ2v) is 5.14. The van der Waals surface area contributed by atoms with E-state index in [9.17, 15) is 4.79 Å². The Labute approximate surface area is 125 Å². The number of rotatable bonds is 6. The van der Waals surface area contributed by atoms with Crippen LogP contribution in [-0.2, 0) is 9.53 Å². The van der Waals surface area contributed by atoms with Gasteiger partial charge >= 0.3 is 5.97 Å². The molecule has 0 radical (unpaired) electrons. The zero-order valence-electron chi connectivity index (χ0n) is 13.4. The van der Waals surface area contributed by atoms with Gasteiger partial charge in [-0.15, -0.1) is 0 Å². The van der Waals surface area contributed by atoms with Crippen molar-refractivity contribution in [1.82, 2.24) is 0 Å². The van der Waals surface area contributed by atoms with E-state index in [0.717, 1.165) is 0 Å². The van der Waals surface area contributed by atoms with Gasteiger partial charge in [-0.2, -0.15) is 0 Å². The van der Waals surface area contributed by atoms with Crippen molar-refractivity contribution in [3.05, 3.63) is 17.7 Å². The van der Waals surface area contributed by atoms with Crippen LogP contribution in [0.15, 0.2) is 12.1 Å². The minimum Gasteiger partial charge on any atom is -0.496 e. The number of benzene rings is 1. The third-order valence-electron chi connectivity index (χ3n) is 3.55. The van der Waals surface area contributed by atoms with E-state index in [2.05, 4.69) is 0 Å². The molecular formula is C15H23NO5. The molecule has 0 saturated heterocycles. The first kappa shape index (κ1) is 17.1. The van der Waals surface area contributed by atoms with Crippen molar-refractivity contribution >= 4 is 5.97 Å². The molecule has 6 heteroatoms. The molecule has 0 amide bonds. The first-order valence-electron chi connectivity index (χ1n) is 6.47. The number of hydrogen-bond donors (Lipinski definition) is 1. The molecule has 0 aromatic heterocycles. The van der Waals surface area contributed by atoms with Crippen LogP contribution in [0.5, 0.6) is 17.2 Å². The molecule has 0 aliphatic rings. The first-order chi connectivity index (χ1) is 9.83. The number of esters is 1. The molecule has 2 N–H and O–H groups in total. The Balaban J connectivity index is 3.43. The number of carbonyl (C=O) groups excluding carboxylic acids is 1. The Hall–Kier alpha value is -1.95. The van der Waals surface area contributed by atoms with E-state index < -0.39 is 17.4 Å². The van der Waals surface area contributed by atoms with Gasteiger partial charge in [-0.3, -0.25) is 4.79 Å². The van der Waals surface area contributed by atoms with Crippen LogP contribution in [0.4, 0.5) is 0 Å². The van der Waals surface area contributed by atoms with Crippen LogP contribution in [0.3, 0.4) is 0 Å². The smallest absolute Gasteiger partial charge is 0.313 e. The van der Waals surface area contributed by atoms with E-state index in [1.165, 1.54) is 21.3 Å². The Kier molecular flexibility index (Phi) is 5.43. The molecule has 0 saturated carbocycles. The van der Waals surface area contributed by atoms with Crippen molar-refractivity contribution < 1.29 is 23.7 Å². The predicted octanol–water partition coefficient (Wildman–Crippen LogP) is 1.91. The van der Waals surface area contributed by atoms with Crippen LogP contribution in [0.2, 0.25) is 0 Å².